The van der Waals surface area contributed by atoms with Crippen LogP contribution in [0.5, 0.6) is 0 Å². The summed E-state index contributed by atoms with van der Waals surface area (Å²) in [4.78, 5) is 10.6. The maximum atomic E-state index is 10.6. The largest absolute Gasteiger partial charge is 0.481 e. The monoisotopic (exact) mass is 171 g/mol. The van der Waals surface area contributed by atoms with Gasteiger partial charge in [-0.25, -0.2) is 0 Å². The number of rotatable bonds is 4. The standard InChI is InChI=1S/C9H17NO2/c1-2-7(10)9(4-3-5-9)6-8(11)12/h7H,2-6,10H2,1H3,(H,11,12). The Balaban J connectivity index is 2.56. The third-order valence-corrected chi connectivity index (χ3v) is 3.08. The molecule has 1 rings (SSSR count). The maximum absolute atomic E-state index is 10.6. The van der Waals surface area contributed by atoms with Crippen molar-refractivity contribution in [3.05, 3.63) is 0 Å². The van der Waals surface area contributed by atoms with Crippen LogP contribution in [0, 0.1) is 5.41 Å². The van der Waals surface area contributed by atoms with Crippen LogP contribution in [0.15, 0.2) is 0 Å². The summed E-state index contributed by atoms with van der Waals surface area (Å²) in [6.07, 6.45) is 4.26. The van der Waals surface area contributed by atoms with Crippen molar-refractivity contribution >= 4 is 5.97 Å². The molecule has 0 bridgehead atoms. The lowest BCUT2D eigenvalue weighted by atomic mass is 9.62. The third-order valence-electron chi connectivity index (χ3n) is 3.08. The van der Waals surface area contributed by atoms with Gasteiger partial charge in [0.1, 0.15) is 0 Å². The predicted molar refractivity (Wildman–Crippen MR) is 46.8 cm³/mol. The van der Waals surface area contributed by atoms with Gasteiger partial charge in [0.2, 0.25) is 0 Å². The number of nitrogens with two attached hydrogens (primary N) is 1. The van der Waals surface area contributed by atoms with Gasteiger partial charge in [-0.1, -0.05) is 13.3 Å². The van der Waals surface area contributed by atoms with Crippen molar-refractivity contribution in [1.82, 2.24) is 0 Å². The van der Waals surface area contributed by atoms with E-state index in [0.29, 0.717) is 0 Å². The van der Waals surface area contributed by atoms with Crippen LogP contribution in [0.4, 0.5) is 0 Å². The third kappa shape index (κ3) is 1.61. The Morgan fingerprint density at radius 1 is 1.67 bits per heavy atom. The van der Waals surface area contributed by atoms with E-state index in [1.165, 1.54) is 0 Å². The Bertz CT molecular complexity index is 175. The summed E-state index contributed by atoms with van der Waals surface area (Å²) in [5.74, 6) is -0.710. The Morgan fingerprint density at radius 2 is 2.25 bits per heavy atom. The average molecular weight is 171 g/mol. The van der Waals surface area contributed by atoms with E-state index in [1.54, 1.807) is 0 Å². The molecule has 1 atom stereocenters. The Kier molecular flexibility index (Phi) is 2.73. The van der Waals surface area contributed by atoms with Crippen molar-refractivity contribution in [2.45, 2.75) is 45.1 Å². The molecule has 1 fully saturated rings. The highest BCUT2D eigenvalue weighted by Gasteiger charge is 2.43. The first-order chi connectivity index (χ1) is 5.60. The first kappa shape index (κ1) is 9.52. The highest BCUT2D eigenvalue weighted by molar-refractivity contribution is 5.68. The van der Waals surface area contributed by atoms with E-state index < -0.39 is 5.97 Å². The molecule has 70 valence electrons. The SMILES string of the molecule is CCC(N)C1(CC(=O)O)CCC1. The van der Waals surface area contributed by atoms with Crippen LogP contribution in [0.2, 0.25) is 0 Å². The van der Waals surface area contributed by atoms with Crippen LogP contribution in [-0.4, -0.2) is 17.1 Å². The van der Waals surface area contributed by atoms with Gasteiger partial charge in [0.05, 0.1) is 6.42 Å². The maximum Gasteiger partial charge on any atom is 0.303 e. The molecule has 0 aromatic carbocycles. The first-order valence-electron chi connectivity index (χ1n) is 4.58. The smallest absolute Gasteiger partial charge is 0.303 e. The van der Waals surface area contributed by atoms with Gasteiger partial charge in [-0.05, 0) is 24.7 Å². The van der Waals surface area contributed by atoms with Gasteiger partial charge in [-0.2, -0.15) is 0 Å². The summed E-state index contributed by atoms with van der Waals surface area (Å²) in [6.45, 7) is 2.02. The fourth-order valence-electron chi connectivity index (χ4n) is 2.04. The molecule has 0 aromatic heterocycles. The molecule has 1 saturated carbocycles. The minimum absolute atomic E-state index is 0.0689. The predicted octanol–water partition coefficient (Wildman–Crippen LogP) is 1.37. The molecule has 3 heteroatoms. The highest BCUT2D eigenvalue weighted by atomic mass is 16.4. The Hall–Kier alpha value is -0.570. The lowest BCUT2D eigenvalue weighted by molar-refractivity contribution is -0.142. The second-order valence-corrected chi connectivity index (χ2v) is 3.80. The first-order valence-corrected chi connectivity index (χ1v) is 4.58. The van der Waals surface area contributed by atoms with Crippen molar-refractivity contribution < 1.29 is 9.90 Å². The highest BCUT2D eigenvalue weighted by Crippen LogP contribution is 2.46. The van der Waals surface area contributed by atoms with Crippen LogP contribution in [0.1, 0.15) is 39.0 Å². The van der Waals surface area contributed by atoms with Crippen LogP contribution in [0.25, 0.3) is 0 Å². The summed E-state index contributed by atoms with van der Waals surface area (Å²) in [7, 11) is 0. The van der Waals surface area contributed by atoms with Gasteiger partial charge < -0.3 is 10.8 Å². The molecule has 3 nitrogen and oxygen atoms in total. The topological polar surface area (TPSA) is 63.3 Å². The molecule has 0 heterocycles. The number of aliphatic carboxylic acids is 1. The number of carboxylic acids is 1. The minimum atomic E-state index is -0.710. The molecule has 1 aliphatic carbocycles. The Morgan fingerprint density at radius 3 is 2.50 bits per heavy atom. The summed E-state index contributed by atoms with van der Waals surface area (Å²) in [6, 6.07) is 0.0716. The summed E-state index contributed by atoms with van der Waals surface area (Å²) >= 11 is 0. The number of carbonyl (C=O) groups is 1. The zero-order valence-electron chi connectivity index (χ0n) is 7.55. The van der Waals surface area contributed by atoms with Crippen LogP contribution >= 0.6 is 0 Å². The summed E-state index contributed by atoms with van der Waals surface area (Å²) in [5, 5.41) is 8.70. The van der Waals surface area contributed by atoms with Gasteiger partial charge >= 0.3 is 5.97 Å². The number of hydrogen-bond acceptors (Lipinski definition) is 2. The number of hydrogen-bond donors (Lipinski definition) is 2. The Labute approximate surface area is 72.9 Å². The molecular weight excluding hydrogens is 154 g/mol. The quantitative estimate of drug-likeness (QED) is 0.671. The second kappa shape index (κ2) is 3.44. The molecule has 1 unspecified atom stereocenters. The van der Waals surface area contributed by atoms with Crippen molar-refractivity contribution in [3.63, 3.8) is 0 Å². The van der Waals surface area contributed by atoms with Crippen molar-refractivity contribution in [2.24, 2.45) is 11.1 Å². The molecule has 0 radical (unpaired) electrons. The van der Waals surface area contributed by atoms with E-state index in [9.17, 15) is 4.79 Å². The molecule has 1 aliphatic rings. The minimum Gasteiger partial charge on any atom is -0.481 e. The second-order valence-electron chi connectivity index (χ2n) is 3.80. The zero-order valence-corrected chi connectivity index (χ0v) is 7.55. The molecular formula is C9H17NO2. The van der Waals surface area contributed by atoms with E-state index in [0.717, 1.165) is 25.7 Å². The van der Waals surface area contributed by atoms with Gasteiger partial charge in [-0.15, -0.1) is 0 Å². The van der Waals surface area contributed by atoms with E-state index in [1.807, 2.05) is 6.92 Å². The van der Waals surface area contributed by atoms with E-state index in [4.69, 9.17) is 10.8 Å². The molecule has 0 aromatic rings. The van der Waals surface area contributed by atoms with Crippen molar-refractivity contribution in [3.8, 4) is 0 Å². The van der Waals surface area contributed by atoms with Gasteiger partial charge in [0.15, 0.2) is 0 Å². The van der Waals surface area contributed by atoms with E-state index in [2.05, 4.69) is 0 Å². The summed E-state index contributed by atoms with van der Waals surface area (Å²) < 4.78 is 0. The average Bonchev–Trinajstić information content (AvgIpc) is 1.95. The fraction of sp³-hybridized carbons (Fsp3) is 0.889. The molecule has 0 spiro atoms. The lowest BCUT2D eigenvalue weighted by Gasteiger charge is -2.45. The van der Waals surface area contributed by atoms with Gasteiger partial charge in [-0.3, -0.25) is 4.79 Å². The summed E-state index contributed by atoms with van der Waals surface area (Å²) in [5.41, 5.74) is 5.83. The van der Waals surface area contributed by atoms with E-state index in [-0.39, 0.29) is 17.9 Å². The lowest BCUT2D eigenvalue weighted by Crippen LogP contribution is -2.47. The van der Waals surface area contributed by atoms with Crippen molar-refractivity contribution in [1.29, 1.82) is 0 Å². The van der Waals surface area contributed by atoms with Gasteiger partial charge in [0, 0.05) is 6.04 Å². The van der Waals surface area contributed by atoms with Crippen LogP contribution in [-0.2, 0) is 4.79 Å². The van der Waals surface area contributed by atoms with E-state index >= 15 is 0 Å². The van der Waals surface area contributed by atoms with Crippen molar-refractivity contribution in [2.75, 3.05) is 0 Å². The normalized spacial score (nSPS) is 22.8. The van der Waals surface area contributed by atoms with Crippen LogP contribution in [0.3, 0.4) is 0 Å². The van der Waals surface area contributed by atoms with Gasteiger partial charge in [0.25, 0.3) is 0 Å². The molecule has 3 N–H and O–H groups in total. The van der Waals surface area contributed by atoms with Crippen LogP contribution < -0.4 is 5.73 Å². The zero-order chi connectivity index (χ0) is 9.19. The molecule has 0 aliphatic heterocycles. The molecule has 0 saturated heterocycles. The number of carboxylic acid groups (broad SMARTS) is 1. The fourth-order valence-corrected chi connectivity index (χ4v) is 2.04. The molecule has 12 heavy (non-hydrogen) atoms. The molecule has 0 amide bonds.